The normalized spacial score (nSPS) is 30.7. The van der Waals surface area contributed by atoms with Crippen LogP contribution in [-0.2, 0) is 4.79 Å². The van der Waals surface area contributed by atoms with E-state index in [9.17, 15) is 4.79 Å². The molecule has 2 fully saturated rings. The number of fused-ring (bicyclic) bond motifs is 2. The van der Waals surface area contributed by atoms with Crippen molar-refractivity contribution in [3.05, 3.63) is 24.4 Å². The second-order valence-corrected chi connectivity index (χ2v) is 8.04. The molecule has 0 aromatic carbocycles. The minimum atomic E-state index is -0.0627. The molecule has 0 saturated heterocycles. The van der Waals surface area contributed by atoms with E-state index in [2.05, 4.69) is 36.3 Å². The first-order chi connectivity index (χ1) is 10.4. The van der Waals surface area contributed by atoms with Gasteiger partial charge in [0.25, 0.3) is 0 Å². The summed E-state index contributed by atoms with van der Waals surface area (Å²) in [6.07, 6.45) is 5.23. The maximum absolute atomic E-state index is 12.0. The molecular formula is C17H23N3OS. The standard InChI is InChI=1S/C17H23N3OS/c1-16(2)12-7-8-17(16,3)13(10-12)19-20-14(21)11-22-15-6-4-5-9-18-15/h4-6,9,12H,7-8,10-11H2,1-3H3,(H,20,21)/b19-13+/t12-,17-/m0/s1. The van der Waals surface area contributed by atoms with Crippen molar-refractivity contribution in [3.63, 3.8) is 0 Å². The Morgan fingerprint density at radius 2 is 2.27 bits per heavy atom. The lowest BCUT2D eigenvalue weighted by Crippen LogP contribution is -2.34. The highest BCUT2D eigenvalue weighted by Gasteiger charge is 2.59. The van der Waals surface area contributed by atoms with Gasteiger partial charge in [0.1, 0.15) is 0 Å². The molecule has 1 aromatic rings. The Labute approximate surface area is 136 Å². The lowest BCUT2D eigenvalue weighted by atomic mass is 9.70. The van der Waals surface area contributed by atoms with Gasteiger partial charge in [0.2, 0.25) is 5.91 Å². The van der Waals surface area contributed by atoms with Crippen LogP contribution in [0.2, 0.25) is 0 Å². The number of nitrogens with zero attached hydrogens (tertiary/aromatic N) is 2. The number of carbonyl (C=O) groups excluding carboxylic acids is 1. The summed E-state index contributed by atoms with van der Waals surface area (Å²) in [7, 11) is 0. The third kappa shape index (κ3) is 2.56. The van der Waals surface area contributed by atoms with Crippen LogP contribution in [0.4, 0.5) is 0 Å². The molecule has 4 nitrogen and oxygen atoms in total. The minimum absolute atomic E-state index is 0.0627. The number of aromatic nitrogens is 1. The summed E-state index contributed by atoms with van der Waals surface area (Å²) in [6.45, 7) is 6.98. The second kappa shape index (κ2) is 5.69. The highest BCUT2D eigenvalue weighted by Crippen LogP contribution is 2.63. The quantitative estimate of drug-likeness (QED) is 0.683. The molecule has 2 saturated carbocycles. The van der Waals surface area contributed by atoms with Gasteiger partial charge in [0, 0.05) is 17.3 Å². The highest BCUT2D eigenvalue weighted by molar-refractivity contribution is 7.99. The van der Waals surface area contributed by atoms with Gasteiger partial charge in [-0.1, -0.05) is 38.6 Å². The van der Waals surface area contributed by atoms with Gasteiger partial charge in [-0.3, -0.25) is 4.79 Å². The average molecular weight is 317 g/mol. The van der Waals surface area contributed by atoms with E-state index < -0.39 is 0 Å². The smallest absolute Gasteiger partial charge is 0.250 e. The van der Waals surface area contributed by atoms with Crippen molar-refractivity contribution in [2.45, 2.75) is 45.1 Å². The number of pyridine rings is 1. The van der Waals surface area contributed by atoms with E-state index in [4.69, 9.17) is 0 Å². The Hall–Kier alpha value is -1.36. The summed E-state index contributed by atoms with van der Waals surface area (Å²) >= 11 is 1.43. The van der Waals surface area contributed by atoms with Crippen LogP contribution < -0.4 is 5.43 Å². The zero-order valence-electron chi connectivity index (χ0n) is 13.4. The van der Waals surface area contributed by atoms with Gasteiger partial charge >= 0.3 is 0 Å². The van der Waals surface area contributed by atoms with Crippen molar-refractivity contribution in [3.8, 4) is 0 Å². The topological polar surface area (TPSA) is 54.4 Å². The molecular weight excluding hydrogens is 294 g/mol. The Bertz CT molecular complexity index is 599. The van der Waals surface area contributed by atoms with E-state index in [0.29, 0.717) is 17.1 Å². The third-order valence-electron chi connectivity index (χ3n) is 5.82. The van der Waals surface area contributed by atoms with Crippen molar-refractivity contribution in [2.75, 3.05) is 5.75 Å². The van der Waals surface area contributed by atoms with Crippen LogP contribution in [0.3, 0.4) is 0 Å². The Kier molecular flexibility index (Phi) is 4.02. The fourth-order valence-electron chi connectivity index (χ4n) is 3.83. The number of hydrogen-bond donors (Lipinski definition) is 1. The van der Waals surface area contributed by atoms with Crippen LogP contribution >= 0.6 is 11.8 Å². The molecule has 1 heterocycles. The number of amides is 1. The molecule has 2 aliphatic carbocycles. The maximum Gasteiger partial charge on any atom is 0.250 e. The fourth-order valence-corrected chi connectivity index (χ4v) is 4.49. The van der Waals surface area contributed by atoms with Gasteiger partial charge in [0.15, 0.2) is 0 Å². The third-order valence-corrected chi connectivity index (χ3v) is 6.76. The van der Waals surface area contributed by atoms with E-state index in [-0.39, 0.29) is 11.3 Å². The Morgan fingerprint density at radius 1 is 1.45 bits per heavy atom. The van der Waals surface area contributed by atoms with E-state index in [1.807, 2.05) is 18.2 Å². The lowest BCUT2D eigenvalue weighted by Gasteiger charge is -2.34. The molecule has 0 spiro atoms. The Balaban J connectivity index is 1.57. The SMILES string of the molecule is CC1(C)[C@H]2CC[C@@]1(C)/C(=N/NC(=O)CSc1ccccn1)C2. The summed E-state index contributed by atoms with van der Waals surface area (Å²) in [4.78, 5) is 16.2. The number of hydrogen-bond acceptors (Lipinski definition) is 4. The van der Waals surface area contributed by atoms with Crippen molar-refractivity contribution in [2.24, 2.45) is 21.8 Å². The monoisotopic (exact) mass is 317 g/mol. The molecule has 3 rings (SSSR count). The minimum Gasteiger partial charge on any atom is -0.272 e. The molecule has 5 heteroatoms. The number of rotatable bonds is 4. The zero-order valence-corrected chi connectivity index (χ0v) is 14.2. The van der Waals surface area contributed by atoms with Crippen LogP contribution in [0.25, 0.3) is 0 Å². The largest absolute Gasteiger partial charge is 0.272 e. The van der Waals surface area contributed by atoms with E-state index >= 15 is 0 Å². The molecule has 1 N–H and O–H groups in total. The lowest BCUT2D eigenvalue weighted by molar-refractivity contribution is -0.118. The first-order valence-electron chi connectivity index (χ1n) is 7.83. The van der Waals surface area contributed by atoms with Gasteiger partial charge in [-0.05, 0) is 42.7 Å². The zero-order chi connectivity index (χ0) is 15.8. The second-order valence-electron chi connectivity index (χ2n) is 7.04. The molecule has 2 aliphatic rings. The van der Waals surface area contributed by atoms with Crippen LogP contribution in [-0.4, -0.2) is 22.4 Å². The highest BCUT2D eigenvalue weighted by atomic mass is 32.2. The predicted octanol–water partition coefficient (Wildman–Crippen LogP) is 3.49. The van der Waals surface area contributed by atoms with Crippen molar-refractivity contribution in [1.82, 2.24) is 10.4 Å². The molecule has 0 aliphatic heterocycles. The summed E-state index contributed by atoms with van der Waals surface area (Å²) < 4.78 is 0. The number of thioether (sulfide) groups is 1. The van der Waals surface area contributed by atoms with Gasteiger partial charge < -0.3 is 0 Å². The Morgan fingerprint density at radius 3 is 2.86 bits per heavy atom. The van der Waals surface area contributed by atoms with Gasteiger partial charge in [-0.15, -0.1) is 0 Å². The van der Waals surface area contributed by atoms with Gasteiger partial charge in [-0.25, -0.2) is 10.4 Å². The molecule has 2 atom stereocenters. The van der Waals surface area contributed by atoms with Gasteiger partial charge in [-0.2, -0.15) is 5.10 Å². The number of carbonyl (C=O) groups is 1. The predicted molar refractivity (Wildman–Crippen MR) is 89.8 cm³/mol. The summed E-state index contributed by atoms with van der Waals surface area (Å²) in [6, 6.07) is 5.70. The molecule has 1 aromatic heterocycles. The molecule has 0 unspecified atom stereocenters. The molecule has 22 heavy (non-hydrogen) atoms. The first kappa shape index (κ1) is 15.5. The summed E-state index contributed by atoms with van der Waals surface area (Å²) in [5, 5.41) is 5.33. The first-order valence-corrected chi connectivity index (χ1v) is 8.82. The van der Waals surface area contributed by atoms with Crippen molar-refractivity contribution >= 4 is 23.4 Å². The van der Waals surface area contributed by atoms with E-state index in [0.717, 1.165) is 11.4 Å². The molecule has 0 radical (unpaired) electrons. The molecule has 118 valence electrons. The number of hydrazone groups is 1. The van der Waals surface area contributed by atoms with E-state index in [1.54, 1.807) is 6.20 Å². The van der Waals surface area contributed by atoms with Crippen molar-refractivity contribution in [1.29, 1.82) is 0 Å². The van der Waals surface area contributed by atoms with Crippen molar-refractivity contribution < 1.29 is 4.79 Å². The fraction of sp³-hybridized carbons (Fsp3) is 0.588. The van der Waals surface area contributed by atoms with Gasteiger partial charge in [0.05, 0.1) is 10.8 Å². The van der Waals surface area contributed by atoms with Crippen LogP contribution in [0.1, 0.15) is 40.0 Å². The van der Waals surface area contributed by atoms with Crippen LogP contribution in [0.15, 0.2) is 34.5 Å². The maximum atomic E-state index is 12.0. The van der Waals surface area contributed by atoms with Crippen LogP contribution in [0, 0.1) is 16.7 Å². The summed E-state index contributed by atoms with van der Waals surface area (Å²) in [5.41, 5.74) is 4.34. The average Bonchev–Trinajstić information content (AvgIpc) is 2.85. The van der Waals surface area contributed by atoms with E-state index in [1.165, 1.54) is 30.3 Å². The number of nitrogens with one attached hydrogen (secondary N) is 1. The summed E-state index contributed by atoms with van der Waals surface area (Å²) in [5.74, 6) is 0.987. The molecule has 2 bridgehead atoms. The molecule has 1 amide bonds. The van der Waals surface area contributed by atoms with Crippen LogP contribution in [0.5, 0.6) is 0 Å².